The highest BCUT2D eigenvalue weighted by Gasteiger charge is 2.02. The molecular weight excluding hydrogens is 321 g/mol. The molecule has 1 aromatic carbocycles. The summed E-state index contributed by atoms with van der Waals surface area (Å²) >= 11 is 11.8. The Morgan fingerprint density at radius 3 is 2.68 bits per heavy atom. The Bertz CT molecular complexity index is 620. The normalized spacial score (nSPS) is 10.5. The summed E-state index contributed by atoms with van der Waals surface area (Å²) in [5, 5.41) is 7.14. The standard InChI is InChI=1S/C16H17Cl2N3O/c17-14-4-3-12(8-15(14)18)9-20-7-5-16(22)21-11-13-2-1-6-19-10-13/h1-4,6,8,10,20H,5,7,9,11H2,(H,21,22). The van der Waals surface area contributed by atoms with Gasteiger partial charge < -0.3 is 10.6 Å². The Kier molecular flexibility index (Phi) is 6.65. The van der Waals surface area contributed by atoms with E-state index in [0.717, 1.165) is 11.1 Å². The second-order valence-electron chi connectivity index (χ2n) is 4.81. The molecule has 1 heterocycles. The van der Waals surface area contributed by atoms with Crippen LogP contribution < -0.4 is 10.6 Å². The van der Waals surface area contributed by atoms with E-state index in [1.165, 1.54) is 0 Å². The lowest BCUT2D eigenvalue weighted by Gasteiger charge is -2.07. The maximum absolute atomic E-state index is 11.7. The van der Waals surface area contributed by atoms with Crippen molar-refractivity contribution >= 4 is 29.1 Å². The van der Waals surface area contributed by atoms with Gasteiger partial charge in [0.25, 0.3) is 0 Å². The Labute approximate surface area is 139 Å². The number of rotatable bonds is 7. The number of hydrogen-bond acceptors (Lipinski definition) is 3. The third kappa shape index (κ3) is 5.64. The van der Waals surface area contributed by atoms with Gasteiger partial charge in [0.15, 0.2) is 0 Å². The molecule has 0 fully saturated rings. The monoisotopic (exact) mass is 337 g/mol. The van der Waals surface area contributed by atoms with Crippen molar-refractivity contribution in [3.05, 3.63) is 63.9 Å². The van der Waals surface area contributed by atoms with Gasteiger partial charge in [0.1, 0.15) is 0 Å². The molecule has 0 unspecified atom stereocenters. The van der Waals surface area contributed by atoms with E-state index in [0.29, 0.717) is 36.1 Å². The van der Waals surface area contributed by atoms with Crippen molar-refractivity contribution in [2.24, 2.45) is 0 Å². The van der Waals surface area contributed by atoms with Crippen molar-refractivity contribution in [2.75, 3.05) is 6.54 Å². The summed E-state index contributed by atoms with van der Waals surface area (Å²) in [6, 6.07) is 9.26. The van der Waals surface area contributed by atoms with Gasteiger partial charge in [0, 0.05) is 38.4 Å². The minimum atomic E-state index is 0.00508. The lowest BCUT2D eigenvalue weighted by Crippen LogP contribution is -2.27. The molecule has 6 heteroatoms. The first kappa shape index (κ1) is 16.7. The molecule has 2 aromatic rings. The zero-order chi connectivity index (χ0) is 15.8. The van der Waals surface area contributed by atoms with E-state index in [4.69, 9.17) is 23.2 Å². The van der Waals surface area contributed by atoms with Crippen LogP contribution in [0.3, 0.4) is 0 Å². The minimum absolute atomic E-state index is 0.00508. The number of carbonyl (C=O) groups is 1. The molecule has 0 spiro atoms. The second-order valence-corrected chi connectivity index (χ2v) is 5.63. The van der Waals surface area contributed by atoms with E-state index in [-0.39, 0.29) is 5.91 Å². The highest BCUT2D eigenvalue weighted by molar-refractivity contribution is 6.42. The molecule has 4 nitrogen and oxygen atoms in total. The number of amides is 1. The average Bonchev–Trinajstić information content (AvgIpc) is 2.54. The van der Waals surface area contributed by atoms with Crippen LogP contribution in [0.1, 0.15) is 17.5 Å². The van der Waals surface area contributed by atoms with Crippen LogP contribution in [0.2, 0.25) is 10.0 Å². The van der Waals surface area contributed by atoms with Crippen LogP contribution in [0.4, 0.5) is 0 Å². The summed E-state index contributed by atoms with van der Waals surface area (Å²) in [6.07, 6.45) is 3.86. The number of benzene rings is 1. The summed E-state index contributed by atoms with van der Waals surface area (Å²) in [5.74, 6) is 0.00508. The predicted octanol–water partition coefficient (Wildman–Crippen LogP) is 3.18. The zero-order valence-electron chi connectivity index (χ0n) is 12.0. The molecule has 2 N–H and O–H groups in total. The van der Waals surface area contributed by atoms with Gasteiger partial charge in [-0.1, -0.05) is 35.3 Å². The molecule has 1 aromatic heterocycles. The molecule has 0 aliphatic carbocycles. The van der Waals surface area contributed by atoms with Crippen LogP contribution in [0, 0.1) is 0 Å². The van der Waals surface area contributed by atoms with Crippen LogP contribution in [0.15, 0.2) is 42.7 Å². The van der Waals surface area contributed by atoms with Gasteiger partial charge in [-0.2, -0.15) is 0 Å². The first-order chi connectivity index (χ1) is 10.6. The second kappa shape index (κ2) is 8.73. The van der Waals surface area contributed by atoms with Gasteiger partial charge >= 0.3 is 0 Å². The van der Waals surface area contributed by atoms with Crippen molar-refractivity contribution in [3.63, 3.8) is 0 Å². The van der Waals surface area contributed by atoms with Crippen molar-refractivity contribution in [3.8, 4) is 0 Å². The molecule has 116 valence electrons. The molecule has 0 saturated heterocycles. The van der Waals surface area contributed by atoms with Crippen molar-refractivity contribution in [2.45, 2.75) is 19.5 Å². The summed E-state index contributed by atoms with van der Waals surface area (Å²) in [6.45, 7) is 1.74. The molecule has 1 amide bonds. The fourth-order valence-electron chi connectivity index (χ4n) is 1.88. The van der Waals surface area contributed by atoms with Gasteiger partial charge in [0.2, 0.25) is 5.91 Å². The number of aromatic nitrogens is 1. The Hall–Kier alpha value is -1.62. The van der Waals surface area contributed by atoms with Gasteiger partial charge in [-0.3, -0.25) is 9.78 Å². The summed E-state index contributed by atoms with van der Waals surface area (Å²) in [5.41, 5.74) is 2.02. The number of nitrogens with zero attached hydrogens (tertiary/aromatic N) is 1. The van der Waals surface area contributed by atoms with E-state index in [2.05, 4.69) is 15.6 Å². The van der Waals surface area contributed by atoms with Crippen molar-refractivity contribution in [1.82, 2.24) is 15.6 Å². The Balaban J connectivity index is 1.63. The maximum atomic E-state index is 11.7. The average molecular weight is 338 g/mol. The molecule has 0 saturated carbocycles. The summed E-state index contributed by atoms with van der Waals surface area (Å²) in [4.78, 5) is 15.7. The topological polar surface area (TPSA) is 54.0 Å². The molecule has 2 rings (SSSR count). The minimum Gasteiger partial charge on any atom is -0.352 e. The largest absolute Gasteiger partial charge is 0.352 e. The number of hydrogen-bond donors (Lipinski definition) is 2. The SMILES string of the molecule is O=C(CCNCc1ccc(Cl)c(Cl)c1)NCc1cccnc1. The quantitative estimate of drug-likeness (QED) is 0.763. The molecule has 0 atom stereocenters. The third-order valence-corrected chi connectivity index (χ3v) is 3.79. The predicted molar refractivity (Wildman–Crippen MR) is 88.9 cm³/mol. The molecular formula is C16H17Cl2N3O. The van der Waals surface area contributed by atoms with E-state index >= 15 is 0 Å². The van der Waals surface area contributed by atoms with Crippen LogP contribution in [-0.4, -0.2) is 17.4 Å². The van der Waals surface area contributed by atoms with E-state index in [1.54, 1.807) is 18.5 Å². The lowest BCUT2D eigenvalue weighted by molar-refractivity contribution is -0.121. The highest BCUT2D eigenvalue weighted by atomic mass is 35.5. The van der Waals surface area contributed by atoms with Gasteiger partial charge in [-0.15, -0.1) is 0 Å². The number of nitrogens with one attached hydrogen (secondary N) is 2. The van der Waals surface area contributed by atoms with Crippen LogP contribution in [0.5, 0.6) is 0 Å². The number of halogens is 2. The third-order valence-electron chi connectivity index (χ3n) is 3.05. The molecule has 0 radical (unpaired) electrons. The fourth-order valence-corrected chi connectivity index (χ4v) is 2.20. The Morgan fingerprint density at radius 1 is 1.09 bits per heavy atom. The molecule has 0 aliphatic rings. The van der Waals surface area contributed by atoms with E-state index in [1.807, 2.05) is 24.3 Å². The summed E-state index contributed by atoms with van der Waals surface area (Å²) in [7, 11) is 0. The van der Waals surface area contributed by atoms with E-state index in [9.17, 15) is 4.79 Å². The molecule has 0 aliphatic heterocycles. The Morgan fingerprint density at radius 2 is 1.95 bits per heavy atom. The number of pyridine rings is 1. The fraction of sp³-hybridized carbons (Fsp3) is 0.250. The lowest BCUT2D eigenvalue weighted by atomic mass is 10.2. The maximum Gasteiger partial charge on any atom is 0.221 e. The van der Waals surface area contributed by atoms with Crippen LogP contribution in [0.25, 0.3) is 0 Å². The van der Waals surface area contributed by atoms with Crippen LogP contribution >= 0.6 is 23.2 Å². The number of carbonyl (C=O) groups excluding carboxylic acids is 1. The smallest absolute Gasteiger partial charge is 0.221 e. The first-order valence-electron chi connectivity index (χ1n) is 6.95. The molecule has 0 bridgehead atoms. The van der Waals surface area contributed by atoms with Gasteiger partial charge in [0.05, 0.1) is 10.0 Å². The van der Waals surface area contributed by atoms with Crippen LogP contribution in [-0.2, 0) is 17.9 Å². The molecule has 22 heavy (non-hydrogen) atoms. The van der Waals surface area contributed by atoms with Crippen molar-refractivity contribution in [1.29, 1.82) is 0 Å². The zero-order valence-corrected chi connectivity index (χ0v) is 13.5. The highest BCUT2D eigenvalue weighted by Crippen LogP contribution is 2.22. The summed E-state index contributed by atoms with van der Waals surface area (Å²) < 4.78 is 0. The van der Waals surface area contributed by atoms with Crippen molar-refractivity contribution < 1.29 is 4.79 Å². The first-order valence-corrected chi connectivity index (χ1v) is 7.71. The van der Waals surface area contributed by atoms with E-state index < -0.39 is 0 Å². The van der Waals surface area contributed by atoms with Gasteiger partial charge in [-0.05, 0) is 29.3 Å². The van der Waals surface area contributed by atoms with Gasteiger partial charge in [-0.25, -0.2) is 0 Å².